The summed E-state index contributed by atoms with van der Waals surface area (Å²) < 4.78 is 0. The predicted molar refractivity (Wildman–Crippen MR) is 94.6 cm³/mol. The molecule has 0 nitrogen and oxygen atoms in total. The average molecular weight is 301 g/mol. The third-order valence-electron chi connectivity index (χ3n) is 9.23. The van der Waals surface area contributed by atoms with Gasteiger partial charge in [-0.05, 0) is 98.2 Å². The number of rotatable bonds is 2. The summed E-state index contributed by atoms with van der Waals surface area (Å²) in [4.78, 5) is 0. The van der Waals surface area contributed by atoms with Crippen LogP contribution in [0.5, 0.6) is 0 Å². The molecule has 0 radical (unpaired) electrons. The zero-order valence-electron chi connectivity index (χ0n) is 14.9. The lowest BCUT2D eigenvalue weighted by molar-refractivity contribution is -0.110. The summed E-state index contributed by atoms with van der Waals surface area (Å²) in [7, 11) is 0. The molecule has 7 unspecified atom stereocenters. The van der Waals surface area contributed by atoms with Crippen molar-refractivity contribution >= 4 is 0 Å². The smallest absolute Gasteiger partial charge is 0.0263 e. The van der Waals surface area contributed by atoms with Gasteiger partial charge in [0.15, 0.2) is 0 Å². The summed E-state index contributed by atoms with van der Waals surface area (Å²) in [5.41, 5.74) is 1.35. The minimum atomic E-state index is 0.646. The van der Waals surface area contributed by atoms with Crippen molar-refractivity contribution in [1.82, 2.24) is 0 Å². The summed E-state index contributed by atoms with van der Waals surface area (Å²) in [5.74, 6) is 5.17. The molecule has 0 aliphatic heterocycles. The van der Waals surface area contributed by atoms with Gasteiger partial charge in [-0.1, -0.05) is 32.8 Å². The molecular formula is C22H36. The molecule has 0 N–H and O–H groups in total. The van der Waals surface area contributed by atoms with Crippen molar-refractivity contribution in [1.29, 1.82) is 0 Å². The Hall–Kier alpha value is -0.260. The van der Waals surface area contributed by atoms with Gasteiger partial charge in [0.25, 0.3) is 0 Å². The SMILES string of the molecule is C=CCC1CCC2C3CCC4CCCCC4(C)C3CCC12C. The van der Waals surface area contributed by atoms with E-state index in [4.69, 9.17) is 0 Å². The Kier molecular flexibility index (Phi) is 3.74. The van der Waals surface area contributed by atoms with Gasteiger partial charge in [-0.2, -0.15) is 0 Å². The Balaban J connectivity index is 1.60. The molecule has 0 heterocycles. The monoisotopic (exact) mass is 300 g/mol. The average Bonchev–Trinajstić information content (AvgIpc) is 2.84. The maximum Gasteiger partial charge on any atom is -0.0263 e. The second-order valence-corrected chi connectivity index (χ2v) is 9.75. The van der Waals surface area contributed by atoms with Gasteiger partial charge in [0, 0.05) is 0 Å². The van der Waals surface area contributed by atoms with Gasteiger partial charge in [-0.3, -0.25) is 0 Å². The molecule has 4 fully saturated rings. The second-order valence-electron chi connectivity index (χ2n) is 9.75. The van der Waals surface area contributed by atoms with Crippen LogP contribution in [0.3, 0.4) is 0 Å². The molecule has 22 heavy (non-hydrogen) atoms. The molecule has 0 bridgehead atoms. The number of hydrogen-bond donors (Lipinski definition) is 0. The minimum absolute atomic E-state index is 0.646. The summed E-state index contributed by atoms with van der Waals surface area (Å²) in [6.07, 6.45) is 18.7. The molecule has 124 valence electrons. The lowest BCUT2D eigenvalue weighted by atomic mass is 9.45. The maximum atomic E-state index is 4.04. The van der Waals surface area contributed by atoms with Crippen molar-refractivity contribution in [3.8, 4) is 0 Å². The first-order valence-electron chi connectivity index (χ1n) is 10.2. The van der Waals surface area contributed by atoms with E-state index in [-0.39, 0.29) is 0 Å². The van der Waals surface area contributed by atoms with Crippen molar-refractivity contribution in [3.63, 3.8) is 0 Å². The number of hydrogen-bond acceptors (Lipinski definition) is 0. The van der Waals surface area contributed by atoms with Crippen molar-refractivity contribution in [3.05, 3.63) is 12.7 Å². The van der Waals surface area contributed by atoms with E-state index in [9.17, 15) is 0 Å². The van der Waals surface area contributed by atoms with Crippen molar-refractivity contribution in [2.24, 2.45) is 40.4 Å². The zero-order valence-corrected chi connectivity index (χ0v) is 14.9. The fourth-order valence-corrected chi connectivity index (χ4v) is 7.99. The molecule has 0 aromatic carbocycles. The number of allylic oxidation sites excluding steroid dienone is 1. The quantitative estimate of drug-likeness (QED) is 0.503. The summed E-state index contributed by atoms with van der Waals surface area (Å²) in [5, 5.41) is 0. The first-order chi connectivity index (χ1) is 10.6. The van der Waals surface area contributed by atoms with Crippen LogP contribution in [-0.2, 0) is 0 Å². The third kappa shape index (κ3) is 2.01. The van der Waals surface area contributed by atoms with Gasteiger partial charge in [0.1, 0.15) is 0 Å². The van der Waals surface area contributed by atoms with Crippen LogP contribution < -0.4 is 0 Å². The van der Waals surface area contributed by atoms with Crippen molar-refractivity contribution in [2.75, 3.05) is 0 Å². The van der Waals surface area contributed by atoms with Gasteiger partial charge in [0.2, 0.25) is 0 Å². The van der Waals surface area contributed by atoms with E-state index in [1.165, 1.54) is 44.9 Å². The fraction of sp³-hybridized carbons (Fsp3) is 0.909. The van der Waals surface area contributed by atoms with E-state index < -0.39 is 0 Å². The predicted octanol–water partition coefficient (Wildman–Crippen LogP) is 6.61. The lowest BCUT2D eigenvalue weighted by Crippen LogP contribution is -2.52. The molecule has 4 rings (SSSR count). The Morgan fingerprint density at radius 1 is 0.864 bits per heavy atom. The number of fused-ring (bicyclic) bond motifs is 5. The molecule has 0 aromatic heterocycles. The van der Waals surface area contributed by atoms with E-state index in [2.05, 4.69) is 26.5 Å². The molecule has 0 aromatic rings. The molecule has 7 atom stereocenters. The van der Waals surface area contributed by atoms with Crippen molar-refractivity contribution in [2.45, 2.75) is 84.5 Å². The van der Waals surface area contributed by atoms with E-state index in [0.717, 1.165) is 29.6 Å². The Labute approximate surface area is 138 Å². The minimum Gasteiger partial charge on any atom is -0.103 e. The summed E-state index contributed by atoms with van der Waals surface area (Å²) >= 11 is 0. The van der Waals surface area contributed by atoms with E-state index in [1.807, 2.05) is 0 Å². The van der Waals surface area contributed by atoms with Crippen LogP contribution >= 0.6 is 0 Å². The zero-order chi connectivity index (χ0) is 15.4. The van der Waals surface area contributed by atoms with Gasteiger partial charge in [-0.25, -0.2) is 0 Å². The molecule has 4 aliphatic carbocycles. The van der Waals surface area contributed by atoms with Crippen LogP contribution in [0.4, 0.5) is 0 Å². The fourth-order valence-electron chi connectivity index (χ4n) is 7.99. The lowest BCUT2D eigenvalue weighted by Gasteiger charge is -2.60. The Morgan fingerprint density at radius 2 is 1.68 bits per heavy atom. The first kappa shape index (κ1) is 15.3. The molecule has 0 heteroatoms. The highest BCUT2D eigenvalue weighted by Crippen LogP contribution is 2.67. The highest BCUT2D eigenvalue weighted by molar-refractivity contribution is 5.09. The molecule has 4 aliphatic rings. The van der Waals surface area contributed by atoms with Crippen LogP contribution in [0.1, 0.15) is 84.5 Å². The van der Waals surface area contributed by atoms with Crippen LogP contribution in [0.15, 0.2) is 12.7 Å². The van der Waals surface area contributed by atoms with Crippen LogP contribution in [-0.4, -0.2) is 0 Å². The second kappa shape index (κ2) is 5.38. The van der Waals surface area contributed by atoms with Gasteiger partial charge < -0.3 is 0 Å². The molecule has 4 saturated carbocycles. The molecule has 0 amide bonds. The molecule has 0 saturated heterocycles. The van der Waals surface area contributed by atoms with Crippen LogP contribution in [0.25, 0.3) is 0 Å². The van der Waals surface area contributed by atoms with E-state index in [1.54, 1.807) is 25.7 Å². The normalized spacial score (nSPS) is 54.2. The van der Waals surface area contributed by atoms with Crippen molar-refractivity contribution < 1.29 is 0 Å². The summed E-state index contributed by atoms with van der Waals surface area (Å²) in [6.45, 7) is 9.40. The maximum absolute atomic E-state index is 4.04. The van der Waals surface area contributed by atoms with Gasteiger partial charge >= 0.3 is 0 Å². The largest absolute Gasteiger partial charge is 0.103 e. The standard InChI is InChI=1S/C22H36/c1-4-7-16-10-12-19-18-11-9-17-8-5-6-14-21(17,2)20(18)13-15-22(16,19)3/h4,16-20H,1,5-15H2,2-3H3. The van der Waals surface area contributed by atoms with Crippen LogP contribution in [0.2, 0.25) is 0 Å². The molecule has 0 spiro atoms. The third-order valence-corrected chi connectivity index (χ3v) is 9.23. The van der Waals surface area contributed by atoms with E-state index >= 15 is 0 Å². The summed E-state index contributed by atoms with van der Waals surface area (Å²) in [6, 6.07) is 0. The van der Waals surface area contributed by atoms with E-state index in [0.29, 0.717) is 10.8 Å². The molecular weight excluding hydrogens is 264 g/mol. The topological polar surface area (TPSA) is 0 Å². The van der Waals surface area contributed by atoms with Gasteiger partial charge in [-0.15, -0.1) is 6.58 Å². The van der Waals surface area contributed by atoms with Gasteiger partial charge in [0.05, 0.1) is 0 Å². The Morgan fingerprint density at radius 3 is 2.50 bits per heavy atom. The Bertz CT molecular complexity index is 437. The highest BCUT2D eigenvalue weighted by Gasteiger charge is 2.59. The van der Waals surface area contributed by atoms with Crippen LogP contribution in [0, 0.1) is 40.4 Å². The highest BCUT2D eigenvalue weighted by atomic mass is 14.6. The first-order valence-corrected chi connectivity index (χ1v) is 10.2.